The number of nitrogens with zero attached hydrogens (tertiary/aromatic N) is 1. The summed E-state index contributed by atoms with van der Waals surface area (Å²) in [5, 5.41) is 2.58. The van der Waals surface area contributed by atoms with Crippen LogP contribution in [0, 0.1) is 6.92 Å². The van der Waals surface area contributed by atoms with E-state index >= 15 is 0 Å². The third kappa shape index (κ3) is 6.13. The minimum atomic E-state index is -3.55. The second kappa shape index (κ2) is 10.2. The molecule has 0 heterocycles. The summed E-state index contributed by atoms with van der Waals surface area (Å²) in [7, 11) is -3.55. The van der Waals surface area contributed by atoms with E-state index in [2.05, 4.69) is 5.32 Å². The fourth-order valence-corrected chi connectivity index (χ4v) is 4.24. The highest BCUT2D eigenvalue weighted by atomic mass is 32.2. The van der Waals surface area contributed by atoms with Crippen molar-refractivity contribution in [3.8, 4) is 0 Å². The van der Waals surface area contributed by atoms with E-state index in [1.165, 1.54) is 28.6 Å². The first-order valence-electron chi connectivity index (χ1n) is 9.38. The summed E-state index contributed by atoms with van der Waals surface area (Å²) in [6, 6.07) is 13.3. The standard InChI is InChI=1S/C21H26N2O5S/c1-4-23(5-2)29(26,27)19-12-10-18(11-13-19)22-20(24)15-28-21(25)14-17-9-7-6-8-16(17)3/h6-13H,4-5,14-15H2,1-3H3,(H,22,24). The Morgan fingerprint density at radius 3 is 2.21 bits per heavy atom. The average Bonchev–Trinajstić information content (AvgIpc) is 2.69. The van der Waals surface area contributed by atoms with Gasteiger partial charge >= 0.3 is 5.97 Å². The molecule has 2 aromatic rings. The Bertz CT molecular complexity index is 951. The van der Waals surface area contributed by atoms with Gasteiger partial charge in [0.2, 0.25) is 10.0 Å². The lowest BCUT2D eigenvalue weighted by molar-refractivity contribution is -0.146. The Balaban J connectivity index is 1.89. The Kier molecular flexibility index (Phi) is 7.92. The minimum absolute atomic E-state index is 0.0951. The number of nitrogens with one attached hydrogen (secondary N) is 1. The van der Waals surface area contributed by atoms with Gasteiger partial charge in [-0.2, -0.15) is 4.31 Å². The molecule has 0 atom stereocenters. The maximum absolute atomic E-state index is 12.5. The number of hydrogen-bond acceptors (Lipinski definition) is 5. The molecule has 8 heteroatoms. The smallest absolute Gasteiger partial charge is 0.310 e. The van der Waals surface area contributed by atoms with Gasteiger partial charge in [-0.1, -0.05) is 38.1 Å². The SMILES string of the molecule is CCN(CC)S(=O)(=O)c1ccc(NC(=O)COC(=O)Cc2ccccc2C)cc1. The van der Waals surface area contributed by atoms with Crippen molar-refractivity contribution in [1.29, 1.82) is 0 Å². The molecule has 0 aliphatic heterocycles. The minimum Gasteiger partial charge on any atom is -0.455 e. The molecule has 0 saturated heterocycles. The summed E-state index contributed by atoms with van der Waals surface area (Å²) in [5.41, 5.74) is 2.25. The molecule has 7 nitrogen and oxygen atoms in total. The first kappa shape index (κ1) is 22.6. The van der Waals surface area contributed by atoms with Gasteiger partial charge < -0.3 is 10.1 Å². The Hall–Kier alpha value is -2.71. The topological polar surface area (TPSA) is 92.8 Å². The monoisotopic (exact) mass is 418 g/mol. The van der Waals surface area contributed by atoms with Crippen LogP contribution in [0.4, 0.5) is 5.69 Å². The Morgan fingerprint density at radius 2 is 1.62 bits per heavy atom. The predicted octanol–water partition coefficient (Wildman–Crippen LogP) is 2.75. The highest BCUT2D eigenvalue weighted by Gasteiger charge is 2.21. The number of ether oxygens (including phenoxy) is 1. The number of anilines is 1. The zero-order valence-corrected chi connectivity index (χ0v) is 17.7. The van der Waals surface area contributed by atoms with Crippen LogP contribution >= 0.6 is 0 Å². The third-order valence-corrected chi connectivity index (χ3v) is 6.51. The van der Waals surface area contributed by atoms with Crippen molar-refractivity contribution < 1.29 is 22.7 Å². The van der Waals surface area contributed by atoms with Crippen molar-refractivity contribution in [3.05, 3.63) is 59.7 Å². The molecule has 0 aromatic heterocycles. The fourth-order valence-electron chi connectivity index (χ4n) is 2.78. The van der Waals surface area contributed by atoms with Crippen LogP contribution < -0.4 is 5.32 Å². The largest absolute Gasteiger partial charge is 0.455 e. The van der Waals surface area contributed by atoms with Gasteiger partial charge in [-0.15, -0.1) is 0 Å². The maximum atomic E-state index is 12.5. The summed E-state index contributed by atoms with van der Waals surface area (Å²) in [6.45, 7) is 5.80. The van der Waals surface area contributed by atoms with Crippen molar-refractivity contribution in [2.24, 2.45) is 0 Å². The van der Waals surface area contributed by atoms with Crippen LogP contribution in [-0.4, -0.2) is 44.3 Å². The second-order valence-electron chi connectivity index (χ2n) is 6.43. The molecule has 0 spiro atoms. The molecule has 0 bridgehead atoms. The molecule has 29 heavy (non-hydrogen) atoms. The number of benzene rings is 2. The number of esters is 1. The number of hydrogen-bond donors (Lipinski definition) is 1. The molecule has 2 aromatic carbocycles. The Labute approximate surface area is 171 Å². The highest BCUT2D eigenvalue weighted by Crippen LogP contribution is 2.18. The van der Waals surface area contributed by atoms with Gasteiger partial charge in [-0.05, 0) is 42.3 Å². The molecule has 1 amide bonds. The summed E-state index contributed by atoms with van der Waals surface area (Å²) in [5.74, 6) is -0.988. The van der Waals surface area contributed by atoms with Gasteiger partial charge in [0.1, 0.15) is 0 Å². The van der Waals surface area contributed by atoms with E-state index in [0.717, 1.165) is 11.1 Å². The number of amides is 1. The average molecular weight is 419 g/mol. The zero-order valence-electron chi connectivity index (χ0n) is 16.8. The van der Waals surface area contributed by atoms with E-state index in [1.54, 1.807) is 13.8 Å². The van der Waals surface area contributed by atoms with Crippen LogP contribution in [0.2, 0.25) is 0 Å². The lowest BCUT2D eigenvalue weighted by Gasteiger charge is -2.18. The number of carbonyl (C=O) groups is 2. The molecule has 0 aliphatic rings. The molecule has 0 aliphatic carbocycles. The van der Waals surface area contributed by atoms with Gasteiger partial charge in [0.25, 0.3) is 5.91 Å². The van der Waals surface area contributed by atoms with Crippen molar-refractivity contribution in [3.63, 3.8) is 0 Å². The predicted molar refractivity (Wildman–Crippen MR) is 111 cm³/mol. The van der Waals surface area contributed by atoms with E-state index in [4.69, 9.17) is 4.74 Å². The molecular weight excluding hydrogens is 392 g/mol. The first-order chi connectivity index (χ1) is 13.8. The van der Waals surface area contributed by atoms with Crippen molar-refractivity contribution in [2.75, 3.05) is 25.0 Å². The van der Waals surface area contributed by atoms with Crippen LogP contribution in [0.25, 0.3) is 0 Å². The van der Waals surface area contributed by atoms with Gasteiger partial charge in [0.05, 0.1) is 11.3 Å². The molecule has 0 radical (unpaired) electrons. The third-order valence-electron chi connectivity index (χ3n) is 4.44. The molecule has 0 unspecified atom stereocenters. The number of rotatable bonds is 9. The molecule has 156 valence electrons. The van der Waals surface area contributed by atoms with Crippen LogP contribution in [-0.2, 0) is 30.8 Å². The molecule has 0 saturated carbocycles. The molecule has 0 fully saturated rings. The Morgan fingerprint density at radius 1 is 1.00 bits per heavy atom. The number of sulfonamides is 1. The van der Waals surface area contributed by atoms with Crippen LogP contribution in [0.15, 0.2) is 53.4 Å². The van der Waals surface area contributed by atoms with E-state index in [-0.39, 0.29) is 11.3 Å². The molecular formula is C21H26N2O5S. The number of aryl methyl sites for hydroxylation is 1. The quantitative estimate of drug-likeness (QED) is 0.632. The first-order valence-corrected chi connectivity index (χ1v) is 10.8. The van der Waals surface area contributed by atoms with Crippen molar-refractivity contribution in [1.82, 2.24) is 4.31 Å². The van der Waals surface area contributed by atoms with Crippen LogP contribution in [0.3, 0.4) is 0 Å². The van der Waals surface area contributed by atoms with E-state index in [1.807, 2.05) is 31.2 Å². The second-order valence-corrected chi connectivity index (χ2v) is 8.36. The lowest BCUT2D eigenvalue weighted by atomic mass is 10.1. The zero-order chi connectivity index (χ0) is 21.4. The van der Waals surface area contributed by atoms with Crippen molar-refractivity contribution >= 4 is 27.6 Å². The number of carbonyl (C=O) groups excluding carboxylic acids is 2. The lowest BCUT2D eigenvalue weighted by Crippen LogP contribution is -2.30. The fraction of sp³-hybridized carbons (Fsp3) is 0.333. The molecule has 1 N–H and O–H groups in total. The van der Waals surface area contributed by atoms with E-state index < -0.39 is 28.5 Å². The van der Waals surface area contributed by atoms with Gasteiger partial charge in [-0.25, -0.2) is 8.42 Å². The summed E-state index contributed by atoms with van der Waals surface area (Å²) in [4.78, 5) is 24.1. The normalized spacial score (nSPS) is 11.3. The van der Waals surface area contributed by atoms with Crippen LogP contribution in [0.1, 0.15) is 25.0 Å². The van der Waals surface area contributed by atoms with Crippen LogP contribution in [0.5, 0.6) is 0 Å². The van der Waals surface area contributed by atoms with Gasteiger partial charge in [0.15, 0.2) is 6.61 Å². The molecule has 2 rings (SSSR count). The summed E-state index contributed by atoms with van der Waals surface area (Å²) < 4.78 is 31.3. The van der Waals surface area contributed by atoms with E-state index in [0.29, 0.717) is 18.8 Å². The van der Waals surface area contributed by atoms with Gasteiger partial charge in [-0.3, -0.25) is 9.59 Å². The van der Waals surface area contributed by atoms with Crippen molar-refractivity contribution in [2.45, 2.75) is 32.1 Å². The van der Waals surface area contributed by atoms with E-state index in [9.17, 15) is 18.0 Å². The maximum Gasteiger partial charge on any atom is 0.310 e. The highest BCUT2D eigenvalue weighted by molar-refractivity contribution is 7.89. The van der Waals surface area contributed by atoms with Gasteiger partial charge in [0, 0.05) is 18.8 Å². The summed E-state index contributed by atoms with van der Waals surface area (Å²) in [6.07, 6.45) is 0.0951. The summed E-state index contributed by atoms with van der Waals surface area (Å²) >= 11 is 0.